The molecule has 0 atom stereocenters. The minimum Gasteiger partial charge on any atom is -0.462 e. The second kappa shape index (κ2) is 13.7. The van der Waals surface area contributed by atoms with Gasteiger partial charge in [-0.2, -0.15) is 0 Å². The van der Waals surface area contributed by atoms with Crippen molar-refractivity contribution in [1.82, 2.24) is 4.58 Å². The van der Waals surface area contributed by atoms with Crippen molar-refractivity contribution in [3.63, 3.8) is 0 Å². The molecule has 0 aromatic heterocycles. The first kappa shape index (κ1) is 31.1. The number of esters is 1. The van der Waals surface area contributed by atoms with E-state index in [1.807, 2.05) is 31.2 Å². The van der Waals surface area contributed by atoms with Gasteiger partial charge in [0.25, 0.3) is 0 Å². The monoisotopic (exact) mass is 570 g/mol. The summed E-state index contributed by atoms with van der Waals surface area (Å²) in [7, 11) is -4.94. The highest BCUT2D eigenvalue weighted by molar-refractivity contribution is 6.08. The minimum atomic E-state index is -4.94. The number of halogens is 1. The lowest BCUT2D eigenvalue weighted by molar-refractivity contribution is -2.00. The van der Waals surface area contributed by atoms with Crippen LogP contribution in [-0.4, -0.2) is 38.8 Å². The number of nitrogens with zero attached hydrogens (tertiary/aromatic N) is 2. The van der Waals surface area contributed by atoms with E-state index in [4.69, 9.17) is 27.8 Å². The normalized spacial score (nSPS) is 11.2. The third-order valence-corrected chi connectivity index (χ3v) is 6.64. The second-order valence-corrected chi connectivity index (χ2v) is 9.58. The van der Waals surface area contributed by atoms with Crippen LogP contribution in [0.4, 0.5) is 5.69 Å². The van der Waals surface area contributed by atoms with Gasteiger partial charge in [-0.05, 0) is 64.4 Å². The molecule has 0 bridgehead atoms. The van der Waals surface area contributed by atoms with Crippen molar-refractivity contribution in [3.8, 4) is 22.5 Å². The molecule has 0 saturated carbocycles. The van der Waals surface area contributed by atoms with E-state index in [2.05, 4.69) is 73.6 Å². The summed E-state index contributed by atoms with van der Waals surface area (Å²) in [4.78, 5) is 15.2. The number of carbonyl (C=O) groups is 1. The molecule has 214 valence electrons. The average molecular weight is 571 g/mol. The Morgan fingerprint density at radius 2 is 1.52 bits per heavy atom. The number of rotatable bonds is 8. The number of hydrogen-bond acceptors (Lipinski definition) is 8. The van der Waals surface area contributed by atoms with E-state index >= 15 is 0 Å². The second-order valence-electron chi connectivity index (χ2n) is 8.83. The van der Waals surface area contributed by atoms with Crippen LogP contribution in [0.5, 0.6) is 0 Å². The smallest absolute Gasteiger partial charge is 0.338 e. The molecule has 0 unspecified atom stereocenters. The topological polar surface area (TPSA) is 138 Å². The molecular formula is C30H35ClN2O7. The Kier molecular flexibility index (Phi) is 10.7. The van der Waals surface area contributed by atoms with Gasteiger partial charge in [0, 0.05) is 47.4 Å². The first-order chi connectivity index (χ1) is 19.1. The van der Waals surface area contributed by atoms with Gasteiger partial charge in [-0.15, -0.1) is 10.2 Å². The molecule has 2 aromatic rings. The maximum absolute atomic E-state index is 12.9. The van der Waals surface area contributed by atoms with Crippen molar-refractivity contribution in [2.75, 3.05) is 37.7 Å². The molecule has 2 aliphatic rings. The molecule has 9 nitrogen and oxygen atoms in total. The Hall–Kier alpha value is -3.47. The Morgan fingerprint density at radius 1 is 0.875 bits per heavy atom. The lowest BCUT2D eigenvalue weighted by atomic mass is 9.90. The van der Waals surface area contributed by atoms with Crippen LogP contribution in [0.25, 0.3) is 33.4 Å². The van der Waals surface area contributed by atoms with Gasteiger partial charge < -0.3 is 14.1 Å². The van der Waals surface area contributed by atoms with Crippen molar-refractivity contribution in [2.24, 2.45) is 0 Å². The fourth-order valence-corrected chi connectivity index (χ4v) is 4.82. The third kappa shape index (κ3) is 7.38. The first-order valence-corrected chi connectivity index (χ1v) is 14.5. The van der Waals surface area contributed by atoms with Crippen molar-refractivity contribution in [1.29, 1.82) is 0 Å². The van der Waals surface area contributed by atoms with Crippen LogP contribution in [0.1, 0.15) is 45.0 Å². The quantitative estimate of drug-likeness (QED) is 0.175. The fraction of sp³-hybridized carbons (Fsp3) is 0.333. The van der Waals surface area contributed by atoms with Crippen LogP contribution >= 0.6 is 0 Å². The van der Waals surface area contributed by atoms with Gasteiger partial charge in [0.05, 0.1) is 18.2 Å². The summed E-state index contributed by atoms with van der Waals surface area (Å²) in [5.74, 6) is 0.483. The third-order valence-electron chi connectivity index (χ3n) is 6.64. The first-order valence-electron chi connectivity index (χ1n) is 13.3. The maximum atomic E-state index is 12.9. The molecule has 1 heterocycles. The van der Waals surface area contributed by atoms with Crippen molar-refractivity contribution in [2.45, 2.75) is 34.6 Å². The highest BCUT2D eigenvalue weighted by Gasteiger charge is 2.23. The highest BCUT2D eigenvalue weighted by atomic mass is 35.7. The lowest BCUT2D eigenvalue weighted by Gasteiger charge is -2.22. The molecule has 0 N–H and O–H groups in total. The van der Waals surface area contributed by atoms with E-state index in [1.54, 1.807) is 0 Å². The number of carbonyl (C=O) groups excluding carboxylic acids is 1. The van der Waals surface area contributed by atoms with Crippen LogP contribution in [0.2, 0.25) is 0 Å². The number of benzene rings is 3. The average Bonchev–Trinajstić information content (AvgIpc) is 2.92. The number of fused-ring (bicyclic) bond motifs is 2. The number of anilines is 1. The molecule has 2 aromatic carbocycles. The molecular weight excluding hydrogens is 536 g/mol. The summed E-state index contributed by atoms with van der Waals surface area (Å²) < 4.78 is 48.2. The zero-order chi connectivity index (χ0) is 29.4. The van der Waals surface area contributed by atoms with E-state index in [-0.39, 0.29) is 5.97 Å². The lowest BCUT2D eigenvalue weighted by Crippen LogP contribution is -2.68. The zero-order valence-electron chi connectivity index (χ0n) is 23.4. The largest absolute Gasteiger partial charge is 0.462 e. The predicted octanol–water partition coefficient (Wildman–Crippen LogP) is 1.28. The molecule has 0 spiro atoms. The molecule has 0 saturated heterocycles. The van der Waals surface area contributed by atoms with E-state index in [9.17, 15) is 4.79 Å². The van der Waals surface area contributed by atoms with Gasteiger partial charge >= 0.3 is 5.97 Å². The fourth-order valence-electron chi connectivity index (χ4n) is 4.82. The van der Waals surface area contributed by atoms with Gasteiger partial charge in [-0.3, -0.25) is 0 Å². The van der Waals surface area contributed by atoms with Gasteiger partial charge in [0.1, 0.15) is 24.4 Å². The van der Waals surface area contributed by atoms with Crippen LogP contribution in [0, 0.1) is 10.2 Å². The van der Waals surface area contributed by atoms with Crippen LogP contribution in [0.15, 0.2) is 65.1 Å². The molecule has 0 radical (unpaired) electrons. The summed E-state index contributed by atoms with van der Waals surface area (Å²) >= 11 is 0. The van der Waals surface area contributed by atoms with Gasteiger partial charge in [0.2, 0.25) is 5.36 Å². The standard InChI is InChI=1S/C30H35N2O3.ClHO4/c1-6-31(7-2)21-15-17-25-27(19-21)35-28-20-22(32(8-3)9-4)16-18-26(28)29(25)23-13-11-12-14-24(23)30(33)34-10-5;2-1(3,4)5/h11-20H,6-10H2,1-5H3;(H,2,3,4,5)/q+1;/p-1. The Labute approximate surface area is 236 Å². The maximum Gasteiger partial charge on any atom is 0.338 e. The SMILES string of the molecule is CCOC(=O)c1ccccc1-c1c2ccc(=[N+](CC)CC)cc-2oc2cc(N(CC)CC)ccc12.[O-][Cl+3]([O-])([O-])[O-]. The highest BCUT2D eigenvalue weighted by Crippen LogP contribution is 2.42. The van der Waals surface area contributed by atoms with Crippen LogP contribution in [0.3, 0.4) is 0 Å². The van der Waals surface area contributed by atoms with Crippen molar-refractivity contribution < 1.29 is 42.8 Å². The molecule has 10 heteroatoms. The van der Waals surface area contributed by atoms with Crippen LogP contribution < -0.4 is 33.5 Å². The summed E-state index contributed by atoms with van der Waals surface area (Å²) in [6.07, 6.45) is 0. The Morgan fingerprint density at radius 3 is 2.12 bits per heavy atom. The van der Waals surface area contributed by atoms with E-state index < -0.39 is 10.2 Å². The van der Waals surface area contributed by atoms with Crippen molar-refractivity contribution in [3.05, 3.63) is 71.6 Å². The van der Waals surface area contributed by atoms with E-state index in [0.717, 1.165) is 70.6 Å². The molecule has 1 aliphatic carbocycles. The predicted molar refractivity (Wildman–Crippen MR) is 144 cm³/mol. The van der Waals surface area contributed by atoms with E-state index in [0.29, 0.717) is 12.2 Å². The van der Waals surface area contributed by atoms with Gasteiger partial charge in [-0.25, -0.2) is 28.0 Å². The summed E-state index contributed by atoms with van der Waals surface area (Å²) in [5.41, 5.74) is 5.29. The molecule has 40 heavy (non-hydrogen) atoms. The Bertz CT molecular complexity index is 1480. The van der Waals surface area contributed by atoms with Gasteiger partial charge in [-0.1, -0.05) is 18.2 Å². The Balaban J connectivity index is 0.000000810. The molecule has 1 aliphatic heterocycles. The van der Waals surface area contributed by atoms with Gasteiger partial charge in [0.15, 0.2) is 0 Å². The number of hydrogen-bond donors (Lipinski definition) is 0. The zero-order valence-corrected chi connectivity index (χ0v) is 24.2. The molecule has 4 rings (SSSR count). The van der Waals surface area contributed by atoms with E-state index in [1.165, 1.54) is 0 Å². The van der Waals surface area contributed by atoms with Crippen LogP contribution in [-0.2, 0) is 4.74 Å². The summed E-state index contributed by atoms with van der Waals surface area (Å²) in [6.45, 7) is 14.5. The summed E-state index contributed by atoms with van der Waals surface area (Å²) in [6, 6.07) is 20.4. The van der Waals surface area contributed by atoms with Crippen molar-refractivity contribution >= 4 is 22.6 Å². The molecule has 0 fully saturated rings. The molecule has 0 amide bonds. The minimum absolute atomic E-state index is 0.315. The number of ether oxygens (including phenoxy) is 1. The summed E-state index contributed by atoms with van der Waals surface area (Å²) in [5, 5.41) is 2.09.